The number of hydrogen-bond donors (Lipinski definition) is 1. The van der Waals surface area contributed by atoms with Crippen molar-refractivity contribution in [3.05, 3.63) is 59.5 Å². The average molecular weight is 241 g/mol. The van der Waals surface area contributed by atoms with Crippen LogP contribution in [0.3, 0.4) is 0 Å². The lowest BCUT2D eigenvalue weighted by atomic mass is 10.1. The van der Waals surface area contributed by atoms with Gasteiger partial charge in [0.05, 0.1) is 11.6 Å². The number of rotatable bonds is 3. The Morgan fingerprint density at radius 2 is 2.06 bits per heavy atom. The van der Waals surface area contributed by atoms with Crippen LogP contribution in [0.4, 0.5) is 10.2 Å². The van der Waals surface area contributed by atoms with Crippen molar-refractivity contribution in [1.29, 1.82) is 5.26 Å². The Bertz CT molecular complexity index is 572. The Labute approximate surface area is 105 Å². The van der Waals surface area contributed by atoms with Gasteiger partial charge < -0.3 is 5.32 Å². The fourth-order valence-electron chi connectivity index (χ4n) is 1.67. The van der Waals surface area contributed by atoms with Gasteiger partial charge in [0.25, 0.3) is 0 Å². The van der Waals surface area contributed by atoms with E-state index < -0.39 is 0 Å². The molecular weight excluding hydrogens is 229 g/mol. The molecule has 1 heterocycles. The number of nitrogens with one attached hydrogen (secondary N) is 1. The molecule has 1 aromatic carbocycles. The van der Waals surface area contributed by atoms with Gasteiger partial charge in [-0.25, -0.2) is 9.37 Å². The second kappa shape index (κ2) is 5.28. The van der Waals surface area contributed by atoms with E-state index in [9.17, 15) is 4.39 Å². The molecule has 0 radical (unpaired) electrons. The van der Waals surface area contributed by atoms with E-state index in [1.54, 1.807) is 30.3 Å². The summed E-state index contributed by atoms with van der Waals surface area (Å²) in [5.41, 5.74) is 1.09. The lowest BCUT2D eigenvalue weighted by Gasteiger charge is -2.15. The number of benzene rings is 1. The number of anilines is 1. The van der Waals surface area contributed by atoms with E-state index in [0.717, 1.165) is 0 Å². The molecular formula is C14H12FN3. The normalized spacial score (nSPS) is 11.6. The van der Waals surface area contributed by atoms with Gasteiger partial charge in [-0.3, -0.25) is 0 Å². The van der Waals surface area contributed by atoms with E-state index in [-0.39, 0.29) is 11.9 Å². The summed E-state index contributed by atoms with van der Waals surface area (Å²) < 4.78 is 13.6. The molecule has 2 aromatic rings. The highest BCUT2D eigenvalue weighted by Gasteiger charge is 2.10. The molecule has 0 aliphatic rings. The molecule has 1 aromatic heterocycles. The summed E-state index contributed by atoms with van der Waals surface area (Å²) >= 11 is 0. The van der Waals surface area contributed by atoms with Crippen molar-refractivity contribution in [1.82, 2.24) is 4.98 Å². The molecule has 0 aliphatic heterocycles. The molecule has 0 unspecified atom stereocenters. The summed E-state index contributed by atoms with van der Waals surface area (Å²) in [4.78, 5) is 4.09. The molecule has 0 aliphatic carbocycles. The first kappa shape index (κ1) is 12.1. The Balaban J connectivity index is 2.14. The van der Waals surface area contributed by atoms with E-state index in [2.05, 4.69) is 10.3 Å². The van der Waals surface area contributed by atoms with Gasteiger partial charge in [0.1, 0.15) is 17.7 Å². The molecule has 0 bridgehead atoms. The standard InChI is InChI=1S/C14H12FN3/c1-10(12-4-2-3-5-13(12)15)18-14-7-6-11(8-16)9-17-14/h2-7,9-10H,1H3,(H,17,18)/t10-/m1/s1. The average Bonchev–Trinajstić information content (AvgIpc) is 2.40. The zero-order valence-corrected chi connectivity index (χ0v) is 9.89. The summed E-state index contributed by atoms with van der Waals surface area (Å²) in [6.45, 7) is 1.86. The highest BCUT2D eigenvalue weighted by Crippen LogP contribution is 2.20. The minimum Gasteiger partial charge on any atom is -0.363 e. The second-order valence-electron chi connectivity index (χ2n) is 3.93. The van der Waals surface area contributed by atoms with Gasteiger partial charge >= 0.3 is 0 Å². The van der Waals surface area contributed by atoms with Crippen LogP contribution in [0.2, 0.25) is 0 Å². The lowest BCUT2D eigenvalue weighted by molar-refractivity contribution is 0.600. The zero-order valence-electron chi connectivity index (χ0n) is 9.89. The third-order valence-electron chi connectivity index (χ3n) is 2.63. The molecule has 1 atom stereocenters. The van der Waals surface area contributed by atoms with E-state index in [1.165, 1.54) is 12.3 Å². The van der Waals surface area contributed by atoms with Crippen LogP contribution in [0.25, 0.3) is 0 Å². The number of nitrogens with zero attached hydrogens (tertiary/aromatic N) is 2. The maximum atomic E-state index is 13.6. The van der Waals surface area contributed by atoms with Crippen LogP contribution in [-0.4, -0.2) is 4.98 Å². The smallest absolute Gasteiger partial charge is 0.128 e. The summed E-state index contributed by atoms with van der Waals surface area (Å²) in [6, 6.07) is 11.8. The van der Waals surface area contributed by atoms with Crippen molar-refractivity contribution in [2.45, 2.75) is 13.0 Å². The number of halogens is 1. The Kier molecular flexibility index (Phi) is 3.54. The summed E-state index contributed by atoms with van der Waals surface area (Å²) in [6.07, 6.45) is 1.48. The van der Waals surface area contributed by atoms with Gasteiger partial charge in [0, 0.05) is 11.8 Å². The minimum absolute atomic E-state index is 0.188. The van der Waals surface area contributed by atoms with Crippen LogP contribution in [0.15, 0.2) is 42.6 Å². The molecule has 18 heavy (non-hydrogen) atoms. The number of hydrogen-bond acceptors (Lipinski definition) is 3. The number of aromatic nitrogens is 1. The molecule has 0 saturated heterocycles. The molecule has 0 fully saturated rings. The zero-order chi connectivity index (χ0) is 13.0. The maximum absolute atomic E-state index is 13.6. The van der Waals surface area contributed by atoms with Crippen molar-refractivity contribution in [3.8, 4) is 6.07 Å². The first-order valence-corrected chi connectivity index (χ1v) is 5.58. The van der Waals surface area contributed by atoms with Gasteiger partial charge in [-0.15, -0.1) is 0 Å². The van der Waals surface area contributed by atoms with Crippen LogP contribution in [0, 0.1) is 17.1 Å². The molecule has 2 rings (SSSR count). The summed E-state index contributed by atoms with van der Waals surface area (Å²) in [5.74, 6) is 0.371. The van der Waals surface area contributed by atoms with Crippen LogP contribution in [-0.2, 0) is 0 Å². The van der Waals surface area contributed by atoms with E-state index in [0.29, 0.717) is 16.9 Å². The van der Waals surface area contributed by atoms with Crippen LogP contribution >= 0.6 is 0 Å². The summed E-state index contributed by atoms with van der Waals surface area (Å²) in [5, 5.41) is 11.8. The molecule has 3 nitrogen and oxygen atoms in total. The van der Waals surface area contributed by atoms with E-state index in [4.69, 9.17) is 5.26 Å². The number of pyridine rings is 1. The molecule has 0 spiro atoms. The van der Waals surface area contributed by atoms with Crippen LogP contribution in [0.1, 0.15) is 24.1 Å². The van der Waals surface area contributed by atoms with Crippen molar-refractivity contribution in [2.75, 3.05) is 5.32 Å². The van der Waals surface area contributed by atoms with Gasteiger partial charge in [0.15, 0.2) is 0 Å². The molecule has 0 amide bonds. The van der Waals surface area contributed by atoms with Gasteiger partial charge in [-0.05, 0) is 25.1 Å². The quantitative estimate of drug-likeness (QED) is 0.897. The van der Waals surface area contributed by atoms with Crippen molar-refractivity contribution < 1.29 is 4.39 Å². The second-order valence-corrected chi connectivity index (χ2v) is 3.93. The minimum atomic E-state index is -0.244. The predicted molar refractivity (Wildman–Crippen MR) is 67.4 cm³/mol. The lowest BCUT2D eigenvalue weighted by Crippen LogP contribution is -2.09. The van der Waals surface area contributed by atoms with E-state index in [1.807, 2.05) is 13.0 Å². The Morgan fingerprint density at radius 3 is 2.67 bits per heavy atom. The summed E-state index contributed by atoms with van der Waals surface area (Å²) in [7, 11) is 0. The van der Waals surface area contributed by atoms with Crippen molar-refractivity contribution >= 4 is 5.82 Å². The fourth-order valence-corrected chi connectivity index (χ4v) is 1.67. The highest BCUT2D eigenvalue weighted by molar-refractivity contribution is 5.41. The monoisotopic (exact) mass is 241 g/mol. The van der Waals surface area contributed by atoms with Crippen molar-refractivity contribution in [2.24, 2.45) is 0 Å². The number of nitriles is 1. The maximum Gasteiger partial charge on any atom is 0.128 e. The van der Waals surface area contributed by atoms with Crippen molar-refractivity contribution in [3.63, 3.8) is 0 Å². The Hall–Kier alpha value is -2.41. The molecule has 0 saturated carbocycles. The van der Waals surface area contributed by atoms with Crippen LogP contribution in [0.5, 0.6) is 0 Å². The predicted octanol–water partition coefficient (Wildman–Crippen LogP) is 3.27. The SMILES string of the molecule is C[C@@H](Nc1ccc(C#N)cn1)c1ccccc1F. The highest BCUT2D eigenvalue weighted by atomic mass is 19.1. The third kappa shape index (κ3) is 2.64. The molecule has 1 N–H and O–H groups in total. The van der Waals surface area contributed by atoms with Gasteiger partial charge in [-0.1, -0.05) is 18.2 Å². The topological polar surface area (TPSA) is 48.7 Å². The van der Waals surface area contributed by atoms with Crippen LogP contribution < -0.4 is 5.32 Å². The van der Waals surface area contributed by atoms with E-state index >= 15 is 0 Å². The molecule has 90 valence electrons. The first-order valence-electron chi connectivity index (χ1n) is 5.58. The largest absolute Gasteiger partial charge is 0.363 e. The van der Waals surface area contributed by atoms with Gasteiger partial charge in [0.2, 0.25) is 0 Å². The Morgan fingerprint density at radius 1 is 1.28 bits per heavy atom. The molecule has 4 heteroatoms. The fraction of sp³-hybridized carbons (Fsp3) is 0.143. The van der Waals surface area contributed by atoms with Gasteiger partial charge in [-0.2, -0.15) is 5.26 Å². The first-order chi connectivity index (χ1) is 8.70. The third-order valence-corrected chi connectivity index (χ3v) is 2.63.